The number of nitrogens with zero attached hydrogens (tertiary/aromatic N) is 1. The van der Waals surface area contributed by atoms with Gasteiger partial charge in [-0.25, -0.2) is 0 Å². The molecular weight excluding hydrogens is 276 g/mol. The lowest BCUT2D eigenvalue weighted by molar-refractivity contribution is 0.471. The Hall–Kier alpha value is -1.32. The third-order valence-electron chi connectivity index (χ3n) is 4.42. The van der Waals surface area contributed by atoms with Gasteiger partial charge in [0, 0.05) is 23.0 Å². The van der Waals surface area contributed by atoms with Gasteiger partial charge in [0.05, 0.1) is 6.04 Å². The fourth-order valence-corrected chi connectivity index (χ4v) is 4.55. The minimum Gasteiger partial charge on any atom is -0.363 e. The molecule has 0 spiro atoms. The summed E-state index contributed by atoms with van der Waals surface area (Å²) in [5.74, 6) is 1.17. The highest BCUT2D eigenvalue weighted by Gasteiger charge is 2.34. The van der Waals surface area contributed by atoms with E-state index in [1.54, 1.807) is 0 Å². The zero-order valence-electron chi connectivity index (χ0n) is 12.8. The average molecular weight is 300 g/mol. The van der Waals surface area contributed by atoms with Crippen molar-refractivity contribution in [3.8, 4) is 0 Å². The van der Waals surface area contributed by atoms with Crippen molar-refractivity contribution in [1.29, 1.82) is 0 Å². The predicted octanol–water partition coefficient (Wildman–Crippen LogP) is 4.40. The molecule has 0 fully saturated rings. The van der Waals surface area contributed by atoms with E-state index in [4.69, 9.17) is 5.73 Å². The van der Waals surface area contributed by atoms with E-state index in [-0.39, 0.29) is 0 Å². The SMILES string of the molecule is CC(C)C(c1cccs1)N1CC(CCN)c2ccccc21. The second kappa shape index (κ2) is 6.20. The second-order valence-corrected chi connectivity index (χ2v) is 7.17. The Morgan fingerprint density at radius 2 is 2.05 bits per heavy atom. The van der Waals surface area contributed by atoms with Gasteiger partial charge in [0.1, 0.15) is 0 Å². The highest BCUT2D eigenvalue weighted by Crippen LogP contribution is 2.45. The van der Waals surface area contributed by atoms with Gasteiger partial charge < -0.3 is 10.6 Å². The van der Waals surface area contributed by atoms with E-state index in [1.165, 1.54) is 16.1 Å². The number of hydrogen-bond donors (Lipinski definition) is 1. The lowest BCUT2D eigenvalue weighted by Gasteiger charge is -2.33. The molecule has 1 aromatic heterocycles. The van der Waals surface area contributed by atoms with Crippen molar-refractivity contribution in [2.45, 2.75) is 32.2 Å². The van der Waals surface area contributed by atoms with Crippen LogP contribution in [0, 0.1) is 5.92 Å². The van der Waals surface area contributed by atoms with Crippen LogP contribution in [0.2, 0.25) is 0 Å². The molecule has 3 heteroatoms. The third-order valence-corrected chi connectivity index (χ3v) is 5.36. The Labute approximate surface area is 131 Å². The highest BCUT2D eigenvalue weighted by molar-refractivity contribution is 7.10. The summed E-state index contributed by atoms with van der Waals surface area (Å²) in [6.07, 6.45) is 1.07. The van der Waals surface area contributed by atoms with Gasteiger partial charge in [-0.15, -0.1) is 11.3 Å². The summed E-state index contributed by atoms with van der Waals surface area (Å²) < 4.78 is 0. The van der Waals surface area contributed by atoms with Crippen LogP contribution in [0.15, 0.2) is 41.8 Å². The number of benzene rings is 1. The number of para-hydroxylation sites is 1. The predicted molar refractivity (Wildman–Crippen MR) is 92.1 cm³/mol. The van der Waals surface area contributed by atoms with Crippen LogP contribution in [0.5, 0.6) is 0 Å². The molecule has 2 N–H and O–H groups in total. The number of anilines is 1. The maximum absolute atomic E-state index is 5.82. The van der Waals surface area contributed by atoms with Crippen LogP contribution >= 0.6 is 11.3 Å². The fraction of sp³-hybridized carbons (Fsp3) is 0.444. The molecule has 2 heterocycles. The van der Waals surface area contributed by atoms with Crippen LogP contribution in [0.1, 0.15) is 42.7 Å². The van der Waals surface area contributed by atoms with Crippen LogP contribution in [0.25, 0.3) is 0 Å². The van der Waals surface area contributed by atoms with E-state index in [9.17, 15) is 0 Å². The van der Waals surface area contributed by atoms with E-state index in [1.807, 2.05) is 11.3 Å². The number of rotatable bonds is 5. The van der Waals surface area contributed by atoms with Gasteiger partial charge in [0.15, 0.2) is 0 Å². The van der Waals surface area contributed by atoms with Crippen molar-refractivity contribution in [3.63, 3.8) is 0 Å². The van der Waals surface area contributed by atoms with Gasteiger partial charge in [0.25, 0.3) is 0 Å². The number of fused-ring (bicyclic) bond motifs is 1. The molecule has 2 nitrogen and oxygen atoms in total. The van der Waals surface area contributed by atoms with Gasteiger partial charge in [-0.3, -0.25) is 0 Å². The van der Waals surface area contributed by atoms with E-state index >= 15 is 0 Å². The van der Waals surface area contributed by atoms with Crippen molar-refractivity contribution in [2.24, 2.45) is 11.7 Å². The fourth-order valence-electron chi connectivity index (χ4n) is 3.54. The van der Waals surface area contributed by atoms with Crippen molar-refractivity contribution < 1.29 is 0 Å². The Morgan fingerprint density at radius 3 is 2.71 bits per heavy atom. The molecule has 0 amide bonds. The molecule has 2 aromatic rings. The first-order valence-corrected chi connectivity index (χ1v) is 8.69. The number of hydrogen-bond acceptors (Lipinski definition) is 3. The molecule has 0 radical (unpaired) electrons. The summed E-state index contributed by atoms with van der Waals surface area (Å²) in [6.45, 7) is 6.50. The van der Waals surface area contributed by atoms with Gasteiger partial charge in [0.2, 0.25) is 0 Å². The second-order valence-electron chi connectivity index (χ2n) is 6.19. The maximum atomic E-state index is 5.82. The minimum atomic E-state index is 0.467. The van der Waals surface area contributed by atoms with Crippen molar-refractivity contribution >= 4 is 17.0 Å². The zero-order chi connectivity index (χ0) is 14.8. The molecular formula is C18H24N2S. The smallest absolute Gasteiger partial charge is 0.0658 e. The van der Waals surface area contributed by atoms with E-state index < -0.39 is 0 Å². The zero-order valence-corrected chi connectivity index (χ0v) is 13.6. The molecule has 0 saturated heterocycles. The van der Waals surface area contributed by atoms with E-state index in [0.717, 1.165) is 19.5 Å². The van der Waals surface area contributed by atoms with Crippen LogP contribution < -0.4 is 10.6 Å². The Bertz CT molecular complexity index is 577. The van der Waals surface area contributed by atoms with Crippen molar-refractivity contribution in [3.05, 3.63) is 52.2 Å². The summed E-state index contributed by atoms with van der Waals surface area (Å²) in [4.78, 5) is 4.07. The third kappa shape index (κ3) is 2.72. The summed E-state index contributed by atoms with van der Waals surface area (Å²) in [5.41, 5.74) is 8.71. The van der Waals surface area contributed by atoms with Gasteiger partial charge in [-0.1, -0.05) is 38.1 Å². The topological polar surface area (TPSA) is 29.3 Å². The van der Waals surface area contributed by atoms with Crippen molar-refractivity contribution in [2.75, 3.05) is 18.0 Å². The molecule has 1 aliphatic heterocycles. The van der Waals surface area contributed by atoms with Gasteiger partial charge >= 0.3 is 0 Å². The summed E-state index contributed by atoms with van der Waals surface area (Å²) in [5, 5.41) is 2.18. The molecule has 0 bridgehead atoms. The molecule has 1 aliphatic rings. The molecule has 112 valence electrons. The molecule has 3 rings (SSSR count). The van der Waals surface area contributed by atoms with Crippen LogP contribution in [0.4, 0.5) is 5.69 Å². The Morgan fingerprint density at radius 1 is 1.24 bits per heavy atom. The number of nitrogens with two attached hydrogens (primary N) is 1. The first kappa shape index (κ1) is 14.6. The summed E-state index contributed by atoms with van der Waals surface area (Å²) in [6, 6.07) is 13.8. The number of thiophene rings is 1. The Kier molecular flexibility index (Phi) is 4.32. The van der Waals surface area contributed by atoms with E-state index in [0.29, 0.717) is 17.9 Å². The normalized spacial score (nSPS) is 19.0. The van der Waals surface area contributed by atoms with Crippen LogP contribution in [0.3, 0.4) is 0 Å². The van der Waals surface area contributed by atoms with Crippen LogP contribution in [-0.4, -0.2) is 13.1 Å². The van der Waals surface area contributed by atoms with E-state index in [2.05, 4.69) is 60.5 Å². The maximum Gasteiger partial charge on any atom is 0.0658 e. The molecule has 0 aliphatic carbocycles. The highest BCUT2D eigenvalue weighted by atomic mass is 32.1. The first-order chi connectivity index (χ1) is 10.2. The lowest BCUT2D eigenvalue weighted by Crippen LogP contribution is -2.31. The standard InChI is InChI=1S/C18H24N2S/c1-13(2)18(17-8-5-11-21-17)20-12-14(9-10-19)15-6-3-4-7-16(15)20/h3-8,11,13-14,18H,9-10,12,19H2,1-2H3. The lowest BCUT2D eigenvalue weighted by atomic mass is 9.98. The van der Waals surface area contributed by atoms with Crippen LogP contribution in [-0.2, 0) is 0 Å². The molecule has 1 aromatic carbocycles. The average Bonchev–Trinajstić information content (AvgIpc) is 3.10. The summed E-state index contributed by atoms with van der Waals surface area (Å²) in [7, 11) is 0. The minimum absolute atomic E-state index is 0.467. The first-order valence-electron chi connectivity index (χ1n) is 7.81. The quantitative estimate of drug-likeness (QED) is 0.887. The molecule has 21 heavy (non-hydrogen) atoms. The molecule has 2 atom stereocenters. The molecule has 2 unspecified atom stereocenters. The largest absolute Gasteiger partial charge is 0.363 e. The Balaban J connectivity index is 1.98. The monoisotopic (exact) mass is 300 g/mol. The summed E-state index contributed by atoms with van der Waals surface area (Å²) >= 11 is 1.87. The van der Waals surface area contributed by atoms with Gasteiger partial charge in [-0.2, -0.15) is 0 Å². The molecule has 0 saturated carbocycles. The van der Waals surface area contributed by atoms with Crippen molar-refractivity contribution in [1.82, 2.24) is 0 Å². The van der Waals surface area contributed by atoms with Gasteiger partial charge in [-0.05, 0) is 42.0 Å².